The van der Waals surface area contributed by atoms with E-state index in [0.717, 1.165) is 17.3 Å². The molecule has 3 nitrogen and oxygen atoms in total. The normalized spacial score (nSPS) is 10.4. The molecular formula is C14H15FN2O. The molecule has 0 atom stereocenters. The van der Waals surface area contributed by atoms with E-state index in [-0.39, 0.29) is 6.54 Å². The topological polar surface area (TPSA) is 48.1 Å². The van der Waals surface area contributed by atoms with Gasteiger partial charge in [0.15, 0.2) is 0 Å². The Morgan fingerprint density at radius 2 is 1.83 bits per heavy atom. The monoisotopic (exact) mass is 246 g/mol. The second-order valence-corrected chi connectivity index (χ2v) is 4.25. The standard InChI is InChI=1S/C14H15FN2O/c1-9-3-10(2)5-13(4-9)18-14-11(7-16)6-12(15)8-17-14/h3-6,8H,7,16H2,1-2H3. The number of hydrogen-bond donors (Lipinski definition) is 1. The summed E-state index contributed by atoms with van der Waals surface area (Å²) in [6, 6.07) is 7.19. The van der Waals surface area contributed by atoms with E-state index in [1.165, 1.54) is 6.07 Å². The van der Waals surface area contributed by atoms with Gasteiger partial charge in [0.05, 0.1) is 6.20 Å². The fourth-order valence-corrected chi connectivity index (χ4v) is 1.81. The predicted octanol–water partition coefficient (Wildman–Crippen LogP) is 3.09. The van der Waals surface area contributed by atoms with E-state index < -0.39 is 5.82 Å². The summed E-state index contributed by atoms with van der Waals surface area (Å²) < 4.78 is 18.7. The minimum atomic E-state index is -0.414. The summed E-state index contributed by atoms with van der Waals surface area (Å²) in [7, 11) is 0. The summed E-state index contributed by atoms with van der Waals surface area (Å²) in [5.74, 6) is 0.619. The minimum Gasteiger partial charge on any atom is -0.439 e. The van der Waals surface area contributed by atoms with Gasteiger partial charge in [-0.15, -0.1) is 0 Å². The van der Waals surface area contributed by atoms with Crippen LogP contribution in [0.25, 0.3) is 0 Å². The number of nitrogens with zero attached hydrogens (tertiary/aromatic N) is 1. The van der Waals surface area contributed by atoms with Crippen molar-refractivity contribution in [2.24, 2.45) is 5.73 Å². The summed E-state index contributed by atoms with van der Waals surface area (Å²) in [5.41, 5.74) is 8.29. The first kappa shape index (κ1) is 12.5. The van der Waals surface area contributed by atoms with Gasteiger partial charge < -0.3 is 10.5 Å². The van der Waals surface area contributed by atoms with Crippen LogP contribution in [0.5, 0.6) is 11.6 Å². The Morgan fingerprint density at radius 1 is 1.17 bits per heavy atom. The van der Waals surface area contributed by atoms with Gasteiger partial charge in [0, 0.05) is 12.1 Å². The average Bonchev–Trinajstić information content (AvgIpc) is 2.30. The first-order valence-corrected chi connectivity index (χ1v) is 5.69. The van der Waals surface area contributed by atoms with Gasteiger partial charge in [0.2, 0.25) is 5.88 Å². The van der Waals surface area contributed by atoms with Crippen LogP contribution in [0.3, 0.4) is 0 Å². The summed E-state index contributed by atoms with van der Waals surface area (Å²) in [6.45, 7) is 4.16. The molecule has 0 aliphatic heterocycles. The molecule has 0 aliphatic rings. The molecule has 0 bridgehead atoms. The number of halogens is 1. The van der Waals surface area contributed by atoms with Gasteiger partial charge in [-0.3, -0.25) is 0 Å². The number of ether oxygens (including phenoxy) is 1. The van der Waals surface area contributed by atoms with Crippen molar-refractivity contribution >= 4 is 0 Å². The zero-order valence-electron chi connectivity index (χ0n) is 10.4. The highest BCUT2D eigenvalue weighted by Gasteiger charge is 2.07. The molecule has 0 radical (unpaired) electrons. The van der Waals surface area contributed by atoms with E-state index in [2.05, 4.69) is 11.1 Å². The molecule has 0 unspecified atom stereocenters. The second kappa shape index (κ2) is 5.14. The van der Waals surface area contributed by atoms with Crippen LogP contribution < -0.4 is 10.5 Å². The quantitative estimate of drug-likeness (QED) is 0.905. The molecule has 1 aromatic heterocycles. The Balaban J connectivity index is 2.33. The zero-order valence-corrected chi connectivity index (χ0v) is 10.4. The number of hydrogen-bond acceptors (Lipinski definition) is 3. The van der Waals surface area contributed by atoms with Crippen molar-refractivity contribution in [1.29, 1.82) is 0 Å². The summed E-state index contributed by atoms with van der Waals surface area (Å²) in [4.78, 5) is 3.93. The second-order valence-electron chi connectivity index (χ2n) is 4.25. The summed E-state index contributed by atoms with van der Waals surface area (Å²) in [6.07, 6.45) is 1.12. The molecule has 0 saturated carbocycles. The Morgan fingerprint density at radius 3 is 2.44 bits per heavy atom. The van der Waals surface area contributed by atoms with Gasteiger partial charge in [-0.2, -0.15) is 0 Å². The largest absolute Gasteiger partial charge is 0.439 e. The maximum atomic E-state index is 13.0. The third-order valence-electron chi connectivity index (χ3n) is 2.52. The minimum absolute atomic E-state index is 0.185. The van der Waals surface area contributed by atoms with Crippen molar-refractivity contribution in [2.75, 3.05) is 0 Å². The van der Waals surface area contributed by atoms with E-state index in [1.807, 2.05) is 26.0 Å². The molecular weight excluding hydrogens is 231 g/mol. The number of aromatic nitrogens is 1. The van der Waals surface area contributed by atoms with Gasteiger partial charge in [0.25, 0.3) is 0 Å². The molecule has 0 amide bonds. The molecule has 94 valence electrons. The first-order valence-electron chi connectivity index (χ1n) is 5.69. The van der Waals surface area contributed by atoms with Crippen LogP contribution in [-0.2, 0) is 6.54 Å². The molecule has 2 N–H and O–H groups in total. The highest BCUT2D eigenvalue weighted by molar-refractivity contribution is 5.37. The third-order valence-corrected chi connectivity index (χ3v) is 2.52. The molecule has 2 aromatic rings. The molecule has 2 rings (SSSR count). The lowest BCUT2D eigenvalue weighted by Crippen LogP contribution is -2.02. The number of benzene rings is 1. The highest BCUT2D eigenvalue weighted by atomic mass is 19.1. The van der Waals surface area contributed by atoms with Crippen LogP contribution in [0.1, 0.15) is 16.7 Å². The third kappa shape index (κ3) is 2.84. The van der Waals surface area contributed by atoms with Crippen molar-refractivity contribution in [3.63, 3.8) is 0 Å². The van der Waals surface area contributed by atoms with Crippen molar-refractivity contribution in [3.8, 4) is 11.6 Å². The lowest BCUT2D eigenvalue weighted by molar-refractivity contribution is 0.451. The number of aryl methyl sites for hydroxylation is 2. The summed E-state index contributed by atoms with van der Waals surface area (Å²) in [5, 5.41) is 0. The smallest absolute Gasteiger partial charge is 0.223 e. The van der Waals surface area contributed by atoms with Crippen molar-refractivity contribution in [3.05, 3.63) is 53.0 Å². The van der Waals surface area contributed by atoms with E-state index in [4.69, 9.17) is 10.5 Å². The fraction of sp³-hybridized carbons (Fsp3) is 0.214. The van der Waals surface area contributed by atoms with Gasteiger partial charge in [-0.1, -0.05) is 6.07 Å². The lowest BCUT2D eigenvalue weighted by atomic mass is 10.1. The van der Waals surface area contributed by atoms with E-state index in [9.17, 15) is 4.39 Å². The molecule has 0 aliphatic carbocycles. The van der Waals surface area contributed by atoms with Crippen molar-refractivity contribution in [1.82, 2.24) is 4.98 Å². The molecule has 0 fully saturated rings. The maximum Gasteiger partial charge on any atom is 0.223 e. The van der Waals surface area contributed by atoms with Gasteiger partial charge in [0.1, 0.15) is 11.6 Å². The van der Waals surface area contributed by atoms with E-state index in [1.54, 1.807) is 0 Å². The molecule has 1 aromatic carbocycles. The molecule has 4 heteroatoms. The van der Waals surface area contributed by atoms with Crippen LogP contribution in [0.15, 0.2) is 30.5 Å². The van der Waals surface area contributed by atoms with Crippen molar-refractivity contribution < 1.29 is 9.13 Å². The highest BCUT2D eigenvalue weighted by Crippen LogP contribution is 2.25. The van der Waals surface area contributed by atoms with Crippen LogP contribution >= 0.6 is 0 Å². The van der Waals surface area contributed by atoms with Crippen LogP contribution in [0, 0.1) is 19.7 Å². The van der Waals surface area contributed by atoms with Crippen LogP contribution in [0.2, 0.25) is 0 Å². The maximum absolute atomic E-state index is 13.0. The lowest BCUT2D eigenvalue weighted by Gasteiger charge is -2.10. The Hall–Kier alpha value is -1.94. The van der Waals surface area contributed by atoms with E-state index in [0.29, 0.717) is 17.2 Å². The predicted molar refractivity (Wildman–Crippen MR) is 68.1 cm³/mol. The number of pyridine rings is 1. The van der Waals surface area contributed by atoms with Gasteiger partial charge in [-0.05, 0) is 43.2 Å². The zero-order chi connectivity index (χ0) is 13.1. The molecule has 0 spiro atoms. The number of nitrogens with two attached hydrogens (primary N) is 1. The number of rotatable bonds is 3. The van der Waals surface area contributed by atoms with Gasteiger partial charge >= 0.3 is 0 Å². The summed E-state index contributed by atoms with van der Waals surface area (Å²) >= 11 is 0. The molecule has 0 saturated heterocycles. The Kier molecular flexibility index (Phi) is 3.58. The SMILES string of the molecule is Cc1cc(C)cc(Oc2ncc(F)cc2CN)c1. The van der Waals surface area contributed by atoms with Crippen molar-refractivity contribution in [2.45, 2.75) is 20.4 Å². The Bertz CT molecular complexity index is 549. The average molecular weight is 246 g/mol. The molecule has 1 heterocycles. The fourth-order valence-electron chi connectivity index (χ4n) is 1.81. The van der Waals surface area contributed by atoms with Crippen LogP contribution in [-0.4, -0.2) is 4.98 Å². The molecule has 18 heavy (non-hydrogen) atoms. The van der Waals surface area contributed by atoms with E-state index >= 15 is 0 Å². The Labute approximate surface area is 105 Å². The van der Waals surface area contributed by atoms with Crippen LogP contribution in [0.4, 0.5) is 4.39 Å². The first-order chi connectivity index (χ1) is 8.58. The van der Waals surface area contributed by atoms with Gasteiger partial charge in [-0.25, -0.2) is 9.37 Å².